The lowest BCUT2D eigenvalue weighted by Gasteiger charge is -2.27. The van der Waals surface area contributed by atoms with Crippen LogP contribution in [0.4, 0.5) is 4.79 Å². The maximum atomic E-state index is 12.0. The van der Waals surface area contributed by atoms with Gasteiger partial charge < -0.3 is 15.4 Å². The Kier molecular flexibility index (Phi) is 5.74. The number of hydrogen-bond donors (Lipinski definition) is 2. The van der Waals surface area contributed by atoms with Gasteiger partial charge in [-0.05, 0) is 72.4 Å². The summed E-state index contributed by atoms with van der Waals surface area (Å²) in [6.45, 7) is 12.2. The van der Waals surface area contributed by atoms with E-state index in [1.54, 1.807) is 0 Å². The molecule has 5 heteroatoms. The molecule has 1 aromatic rings. The summed E-state index contributed by atoms with van der Waals surface area (Å²) in [6.07, 6.45) is 2.91. The zero-order valence-electron chi connectivity index (χ0n) is 15.2. The Balaban J connectivity index is 1.94. The predicted molar refractivity (Wildman–Crippen MR) is 96.1 cm³/mol. The van der Waals surface area contributed by atoms with Gasteiger partial charge in [0.2, 0.25) is 0 Å². The topological polar surface area (TPSA) is 50.4 Å². The van der Waals surface area contributed by atoms with E-state index in [-0.39, 0.29) is 12.1 Å². The van der Waals surface area contributed by atoms with Crippen LogP contribution in [0.2, 0.25) is 0 Å². The van der Waals surface area contributed by atoms with Gasteiger partial charge in [-0.25, -0.2) is 4.79 Å². The van der Waals surface area contributed by atoms with Crippen molar-refractivity contribution in [3.05, 3.63) is 21.4 Å². The van der Waals surface area contributed by atoms with E-state index >= 15 is 0 Å². The lowest BCUT2D eigenvalue weighted by molar-refractivity contribution is 0.0497. The molecule has 1 amide bonds. The van der Waals surface area contributed by atoms with Crippen molar-refractivity contribution in [3.63, 3.8) is 0 Å². The van der Waals surface area contributed by atoms with Crippen molar-refractivity contribution < 1.29 is 9.53 Å². The molecular weight excluding hydrogens is 308 g/mol. The first-order chi connectivity index (χ1) is 10.7. The minimum absolute atomic E-state index is 0.146. The maximum Gasteiger partial charge on any atom is 0.407 e. The number of nitrogens with one attached hydrogen (secondary N) is 2. The monoisotopic (exact) mass is 338 g/mol. The van der Waals surface area contributed by atoms with Gasteiger partial charge in [0.05, 0.1) is 0 Å². The summed E-state index contributed by atoms with van der Waals surface area (Å²) in [5, 5.41) is 6.75. The third-order valence-corrected chi connectivity index (χ3v) is 5.21. The number of carbonyl (C=O) groups excluding carboxylic acids is 1. The molecule has 0 saturated heterocycles. The molecule has 23 heavy (non-hydrogen) atoms. The van der Waals surface area contributed by atoms with Crippen molar-refractivity contribution in [1.29, 1.82) is 0 Å². The molecule has 1 aliphatic carbocycles. The number of ether oxygens (including phenoxy) is 1. The van der Waals surface area contributed by atoms with E-state index in [9.17, 15) is 4.79 Å². The second-order valence-corrected chi connectivity index (χ2v) is 9.01. The van der Waals surface area contributed by atoms with Crippen LogP contribution in [0.5, 0.6) is 0 Å². The molecule has 0 aliphatic heterocycles. The summed E-state index contributed by atoms with van der Waals surface area (Å²) in [4.78, 5) is 14.7. The van der Waals surface area contributed by atoms with Gasteiger partial charge in [-0.3, -0.25) is 0 Å². The fourth-order valence-corrected chi connectivity index (χ4v) is 4.30. The normalized spacial score (nSPS) is 22.9. The Labute approximate surface area is 144 Å². The van der Waals surface area contributed by atoms with Crippen LogP contribution in [0.3, 0.4) is 0 Å². The lowest BCUT2D eigenvalue weighted by Crippen LogP contribution is -2.48. The molecule has 3 unspecified atom stereocenters. The molecule has 4 nitrogen and oxygen atoms in total. The molecule has 1 heterocycles. The predicted octanol–water partition coefficient (Wildman–Crippen LogP) is 4.46. The van der Waals surface area contributed by atoms with Crippen LogP contribution < -0.4 is 10.6 Å². The number of amides is 1. The first kappa shape index (κ1) is 18.3. The Bertz CT molecular complexity index is 548. The molecule has 1 aromatic heterocycles. The fourth-order valence-electron chi connectivity index (χ4n) is 3.28. The quantitative estimate of drug-likeness (QED) is 0.852. The van der Waals surface area contributed by atoms with Gasteiger partial charge in [-0.15, -0.1) is 11.3 Å². The number of hydrogen-bond acceptors (Lipinski definition) is 4. The number of aryl methyl sites for hydroxylation is 2. The highest BCUT2D eigenvalue weighted by molar-refractivity contribution is 7.12. The van der Waals surface area contributed by atoms with Crippen LogP contribution in [-0.4, -0.2) is 23.8 Å². The van der Waals surface area contributed by atoms with Gasteiger partial charge in [0, 0.05) is 27.9 Å². The highest BCUT2D eigenvalue weighted by Gasteiger charge is 2.31. The Morgan fingerprint density at radius 2 is 1.96 bits per heavy atom. The van der Waals surface area contributed by atoms with E-state index in [0.717, 1.165) is 19.3 Å². The Morgan fingerprint density at radius 3 is 2.52 bits per heavy atom. The van der Waals surface area contributed by atoms with Crippen LogP contribution in [0, 0.1) is 13.8 Å². The molecule has 1 aliphatic rings. The number of rotatable bonds is 4. The summed E-state index contributed by atoms with van der Waals surface area (Å²) in [6, 6.07) is 3.01. The molecule has 130 valence electrons. The summed E-state index contributed by atoms with van der Waals surface area (Å²) >= 11 is 1.84. The van der Waals surface area contributed by atoms with E-state index in [4.69, 9.17) is 4.74 Å². The molecule has 1 fully saturated rings. The third kappa shape index (κ3) is 5.21. The summed E-state index contributed by atoms with van der Waals surface area (Å²) in [5.74, 6) is 0. The maximum absolute atomic E-state index is 12.0. The van der Waals surface area contributed by atoms with Crippen LogP contribution >= 0.6 is 11.3 Å². The average Bonchev–Trinajstić information content (AvgIpc) is 2.94. The summed E-state index contributed by atoms with van der Waals surface area (Å²) in [7, 11) is 0. The van der Waals surface area contributed by atoms with E-state index in [1.165, 1.54) is 15.3 Å². The largest absolute Gasteiger partial charge is 0.444 e. The van der Waals surface area contributed by atoms with E-state index in [2.05, 4.69) is 37.5 Å². The second kappa shape index (κ2) is 7.22. The van der Waals surface area contributed by atoms with Crippen molar-refractivity contribution in [2.45, 2.75) is 84.5 Å². The molecule has 2 rings (SSSR count). The smallest absolute Gasteiger partial charge is 0.407 e. The molecule has 2 N–H and O–H groups in total. The SMILES string of the molecule is Cc1cc(C(C)NC2CCCC2NC(=O)OC(C)(C)C)c(C)s1. The highest BCUT2D eigenvalue weighted by atomic mass is 32.1. The zero-order valence-corrected chi connectivity index (χ0v) is 16.0. The second-order valence-electron chi connectivity index (χ2n) is 7.55. The lowest BCUT2D eigenvalue weighted by atomic mass is 10.1. The number of carbonyl (C=O) groups is 1. The van der Waals surface area contributed by atoms with Gasteiger partial charge in [-0.2, -0.15) is 0 Å². The number of alkyl carbamates (subject to hydrolysis) is 1. The van der Waals surface area contributed by atoms with Gasteiger partial charge in [0.25, 0.3) is 0 Å². The first-order valence-electron chi connectivity index (χ1n) is 8.48. The molecular formula is C18H30N2O2S. The first-order valence-corrected chi connectivity index (χ1v) is 9.30. The number of thiophene rings is 1. The van der Waals surface area contributed by atoms with Crippen molar-refractivity contribution in [2.75, 3.05) is 0 Å². The van der Waals surface area contributed by atoms with Crippen molar-refractivity contribution in [3.8, 4) is 0 Å². The van der Waals surface area contributed by atoms with Crippen LogP contribution in [0.1, 0.15) is 68.3 Å². The molecule has 1 saturated carbocycles. The van der Waals surface area contributed by atoms with Crippen LogP contribution in [0.15, 0.2) is 6.07 Å². The minimum Gasteiger partial charge on any atom is -0.444 e. The van der Waals surface area contributed by atoms with Gasteiger partial charge >= 0.3 is 6.09 Å². The van der Waals surface area contributed by atoms with Gasteiger partial charge in [0.15, 0.2) is 0 Å². The summed E-state index contributed by atoms with van der Waals surface area (Å²) in [5.41, 5.74) is 0.917. The Hall–Kier alpha value is -1.07. The standard InChI is InChI=1S/C18H30N2O2S/c1-11-10-14(13(3)23-11)12(2)19-15-8-7-9-16(15)20-17(21)22-18(4,5)6/h10,12,15-16,19H,7-9H2,1-6H3,(H,20,21). The van der Waals surface area contributed by atoms with Crippen LogP contribution in [0.25, 0.3) is 0 Å². The minimum atomic E-state index is -0.454. The summed E-state index contributed by atoms with van der Waals surface area (Å²) < 4.78 is 5.38. The van der Waals surface area contributed by atoms with Crippen molar-refractivity contribution in [1.82, 2.24) is 10.6 Å². The van der Waals surface area contributed by atoms with E-state index in [0.29, 0.717) is 12.1 Å². The average molecular weight is 339 g/mol. The van der Waals surface area contributed by atoms with Crippen LogP contribution in [-0.2, 0) is 4.74 Å². The molecule has 0 radical (unpaired) electrons. The third-order valence-electron chi connectivity index (χ3n) is 4.23. The Morgan fingerprint density at radius 1 is 1.30 bits per heavy atom. The van der Waals surface area contributed by atoms with Gasteiger partial charge in [-0.1, -0.05) is 0 Å². The zero-order chi connectivity index (χ0) is 17.2. The van der Waals surface area contributed by atoms with Gasteiger partial charge in [0.1, 0.15) is 5.60 Å². The van der Waals surface area contributed by atoms with Crippen molar-refractivity contribution >= 4 is 17.4 Å². The molecule has 0 spiro atoms. The van der Waals surface area contributed by atoms with E-state index in [1.807, 2.05) is 32.1 Å². The fraction of sp³-hybridized carbons (Fsp3) is 0.722. The molecule has 3 atom stereocenters. The van der Waals surface area contributed by atoms with E-state index < -0.39 is 5.60 Å². The molecule has 0 bridgehead atoms. The van der Waals surface area contributed by atoms with Crippen molar-refractivity contribution in [2.24, 2.45) is 0 Å². The highest BCUT2D eigenvalue weighted by Crippen LogP contribution is 2.28. The molecule has 0 aromatic carbocycles.